The van der Waals surface area contributed by atoms with Crippen LogP contribution in [0.2, 0.25) is 0 Å². The van der Waals surface area contributed by atoms with Gasteiger partial charge in [-0.15, -0.1) is 11.3 Å². The van der Waals surface area contributed by atoms with Crippen LogP contribution in [-0.2, 0) is 6.42 Å². The van der Waals surface area contributed by atoms with E-state index in [1.807, 2.05) is 30.3 Å². The Kier molecular flexibility index (Phi) is 4.19. The fourth-order valence-corrected chi connectivity index (χ4v) is 4.19. The fourth-order valence-electron chi connectivity index (χ4n) is 3.34. The SMILES string of the molecule is CC(N[C@@H]1c2ccccc2C[C@@H]1O)c1nc(-c2ccccc2)cs1. The van der Waals surface area contributed by atoms with Crippen LogP contribution in [0.5, 0.6) is 0 Å². The van der Waals surface area contributed by atoms with Gasteiger partial charge in [-0.05, 0) is 18.1 Å². The number of hydrogen-bond acceptors (Lipinski definition) is 4. The summed E-state index contributed by atoms with van der Waals surface area (Å²) in [4.78, 5) is 4.78. The molecule has 3 aromatic rings. The number of aliphatic hydroxyl groups is 1. The molecule has 1 aliphatic carbocycles. The second kappa shape index (κ2) is 6.48. The Morgan fingerprint density at radius 3 is 2.71 bits per heavy atom. The van der Waals surface area contributed by atoms with Gasteiger partial charge in [0.05, 0.1) is 23.9 Å². The Bertz CT molecular complexity index is 830. The first kappa shape index (κ1) is 15.5. The second-order valence-electron chi connectivity index (χ2n) is 6.27. The highest BCUT2D eigenvalue weighted by molar-refractivity contribution is 7.10. The number of nitrogens with one attached hydrogen (secondary N) is 1. The molecule has 0 amide bonds. The summed E-state index contributed by atoms with van der Waals surface area (Å²) in [5.41, 5.74) is 4.59. The number of rotatable bonds is 4. The van der Waals surface area contributed by atoms with E-state index in [9.17, 15) is 5.11 Å². The molecule has 1 heterocycles. The van der Waals surface area contributed by atoms with E-state index in [4.69, 9.17) is 4.98 Å². The van der Waals surface area contributed by atoms with Crippen LogP contribution in [-0.4, -0.2) is 16.2 Å². The highest BCUT2D eigenvalue weighted by atomic mass is 32.1. The van der Waals surface area contributed by atoms with Crippen LogP contribution in [0.15, 0.2) is 60.0 Å². The topological polar surface area (TPSA) is 45.1 Å². The normalized spacial score (nSPS) is 20.8. The van der Waals surface area contributed by atoms with Crippen LogP contribution in [0.4, 0.5) is 0 Å². The lowest BCUT2D eigenvalue weighted by Crippen LogP contribution is -2.30. The molecule has 24 heavy (non-hydrogen) atoms. The second-order valence-corrected chi connectivity index (χ2v) is 7.16. The van der Waals surface area contributed by atoms with Crippen molar-refractivity contribution < 1.29 is 5.11 Å². The van der Waals surface area contributed by atoms with Crippen LogP contribution in [0.3, 0.4) is 0 Å². The van der Waals surface area contributed by atoms with E-state index in [0.29, 0.717) is 6.42 Å². The Morgan fingerprint density at radius 1 is 1.12 bits per heavy atom. The van der Waals surface area contributed by atoms with Crippen LogP contribution >= 0.6 is 11.3 Å². The molecule has 2 aromatic carbocycles. The van der Waals surface area contributed by atoms with Gasteiger partial charge >= 0.3 is 0 Å². The van der Waals surface area contributed by atoms with Crippen LogP contribution in [0.1, 0.15) is 35.1 Å². The van der Waals surface area contributed by atoms with Crippen molar-refractivity contribution in [1.82, 2.24) is 10.3 Å². The van der Waals surface area contributed by atoms with Crippen LogP contribution in [0.25, 0.3) is 11.3 Å². The number of aliphatic hydroxyl groups excluding tert-OH is 1. The lowest BCUT2D eigenvalue weighted by Gasteiger charge is -2.21. The van der Waals surface area contributed by atoms with Crippen molar-refractivity contribution in [2.24, 2.45) is 0 Å². The summed E-state index contributed by atoms with van der Waals surface area (Å²) in [5.74, 6) is 0. The van der Waals surface area contributed by atoms with Crippen LogP contribution < -0.4 is 5.32 Å². The fraction of sp³-hybridized carbons (Fsp3) is 0.250. The lowest BCUT2D eigenvalue weighted by molar-refractivity contribution is 0.136. The van der Waals surface area contributed by atoms with E-state index < -0.39 is 0 Å². The molecule has 1 aliphatic rings. The molecule has 3 atom stereocenters. The summed E-state index contributed by atoms with van der Waals surface area (Å²) in [6, 6.07) is 18.6. The van der Waals surface area contributed by atoms with Gasteiger partial charge in [0, 0.05) is 17.4 Å². The summed E-state index contributed by atoms with van der Waals surface area (Å²) in [6.45, 7) is 2.11. The van der Waals surface area contributed by atoms with Gasteiger partial charge in [0.25, 0.3) is 0 Å². The van der Waals surface area contributed by atoms with E-state index in [0.717, 1.165) is 16.3 Å². The van der Waals surface area contributed by atoms with E-state index in [1.54, 1.807) is 11.3 Å². The standard InChI is InChI=1S/C20H20N2OS/c1-13(20-22-17(12-24-20)14-7-3-2-4-8-14)21-19-16-10-6-5-9-15(16)11-18(19)23/h2-10,12-13,18-19,21,23H,11H2,1H3/t13?,18-,19+/m0/s1. The van der Waals surface area contributed by atoms with Crippen molar-refractivity contribution in [3.8, 4) is 11.3 Å². The number of benzene rings is 2. The highest BCUT2D eigenvalue weighted by Crippen LogP contribution is 2.34. The molecule has 1 aromatic heterocycles. The minimum absolute atomic E-state index is 0.0275. The Labute approximate surface area is 146 Å². The molecular formula is C20H20N2OS. The van der Waals surface area contributed by atoms with E-state index in [-0.39, 0.29) is 18.2 Å². The van der Waals surface area contributed by atoms with Crippen molar-refractivity contribution in [1.29, 1.82) is 0 Å². The number of fused-ring (bicyclic) bond motifs is 1. The molecule has 0 fully saturated rings. The third-order valence-electron chi connectivity index (χ3n) is 4.60. The van der Waals surface area contributed by atoms with E-state index in [2.05, 4.69) is 41.9 Å². The first-order valence-electron chi connectivity index (χ1n) is 8.25. The maximum absolute atomic E-state index is 10.4. The Hall–Kier alpha value is -2.01. The lowest BCUT2D eigenvalue weighted by atomic mass is 10.1. The van der Waals surface area contributed by atoms with Crippen molar-refractivity contribution in [3.63, 3.8) is 0 Å². The van der Waals surface area contributed by atoms with Crippen molar-refractivity contribution in [2.75, 3.05) is 0 Å². The molecule has 0 saturated heterocycles. The van der Waals surface area contributed by atoms with E-state index >= 15 is 0 Å². The molecule has 3 nitrogen and oxygen atoms in total. The number of aromatic nitrogens is 1. The van der Waals surface area contributed by atoms with Crippen LogP contribution in [0, 0.1) is 0 Å². The highest BCUT2D eigenvalue weighted by Gasteiger charge is 2.32. The summed E-state index contributed by atoms with van der Waals surface area (Å²) in [5, 5.41) is 17.1. The average Bonchev–Trinajstić information content (AvgIpc) is 3.21. The maximum Gasteiger partial charge on any atom is 0.110 e. The van der Waals surface area contributed by atoms with Gasteiger partial charge in [0.1, 0.15) is 5.01 Å². The van der Waals surface area contributed by atoms with E-state index in [1.165, 1.54) is 11.1 Å². The Morgan fingerprint density at radius 2 is 1.88 bits per heavy atom. The van der Waals surface area contributed by atoms with Gasteiger partial charge in [-0.25, -0.2) is 4.98 Å². The first-order valence-corrected chi connectivity index (χ1v) is 9.13. The monoisotopic (exact) mass is 336 g/mol. The first-order chi connectivity index (χ1) is 11.7. The van der Waals surface area contributed by atoms with Gasteiger partial charge in [0.2, 0.25) is 0 Å². The number of nitrogens with zero attached hydrogens (tertiary/aromatic N) is 1. The average molecular weight is 336 g/mol. The zero-order valence-electron chi connectivity index (χ0n) is 13.5. The van der Waals surface area contributed by atoms with Crippen molar-refractivity contribution in [2.45, 2.75) is 31.5 Å². The molecule has 2 N–H and O–H groups in total. The molecule has 0 aliphatic heterocycles. The van der Waals surface area contributed by atoms with Gasteiger partial charge in [-0.3, -0.25) is 5.32 Å². The predicted molar refractivity (Wildman–Crippen MR) is 98.0 cm³/mol. The van der Waals surface area contributed by atoms with Gasteiger partial charge in [0.15, 0.2) is 0 Å². The Balaban J connectivity index is 1.53. The smallest absolute Gasteiger partial charge is 0.110 e. The van der Waals surface area contributed by atoms with Gasteiger partial charge < -0.3 is 5.11 Å². The molecule has 4 heteroatoms. The molecule has 4 rings (SSSR count). The minimum Gasteiger partial charge on any atom is -0.391 e. The van der Waals surface area contributed by atoms with Crippen molar-refractivity contribution >= 4 is 11.3 Å². The molecule has 0 radical (unpaired) electrons. The third-order valence-corrected chi connectivity index (χ3v) is 5.62. The maximum atomic E-state index is 10.4. The third kappa shape index (κ3) is 2.88. The molecule has 0 bridgehead atoms. The number of hydrogen-bond donors (Lipinski definition) is 2. The molecule has 0 saturated carbocycles. The minimum atomic E-state index is -0.376. The van der Waals surface area contributed by atoms with Gasteiger partial charge in [-0.1, -0.05) is 54.6 Å². The zero-order chi connectivity index (χ0) is 16.5. The predicted octanol–water partition coefficient (Wildman–Crippen LogP) is 4.12. The molecular weight excluding hydrogens is 316 g/mol. The zero-order valence-corrected chi connectivity index (χ0v) is 14.3. The summed E-state index contributed by atoms with van der Waals surface area (Å²) < 4.78 is 0. The quantitative estimate of drug-likeness (QED) is 0.753. The molecule has 122 valence electrons. The summed E-state index contributed by atoms with van der Waals surface area (Å²) in [6.07, 6.45) is 0.339. The van der Waals surface area contributed by atoms with Crippen molar-refractivity contribution in [3.05, 3.63) is 76.1 Å². The molecule has 1 unspecified atom stereocenters. The molecule has 0 spiro atoms. The number of thiazole rings is 1. The largest absolute Gasteiger partial charge is 0.391 e. The summed E-state index contributed by atoms with van der Waals surface area (Å²) in [7, 11) is 0. The van der Waals surface area contributed by atoms with Gasteiger partial charge in [-0.2, -0.15) is 0 Å². The summed E-state index contributed by atoms with van der Waals surface area (Å²) >= 11 is 1.66.